The summed E-state index contributed by atoms with van der Waals surface area (Å²) >= 11 is 0. The van der Waals surface area contributed by atoms with Crippen LogP contribution in [0, 0.1) is 0 Å². The fourth-order valence-corrected chi connectivity index (χ4v) is 0.879. The van der Waals surface area contributed by atoms with Gasteiger partial charge < -0.3 is 14.0 Å². The topological polar surface area (TPSA) is 61.6 Å². The summed E-state index contributed by atoms with van der Waals surface area (Å²) in [5.74, 6) is -0.303. The van der Waals surface area contributed by atoms with E-state index in [1.165, 1.54) is 6.26 Å². The van der Waals surface area contributed by atoms with Gasteiger partial charge in [-0.3, -0.25) is 0 Å². The Morgan fingerprint density at radius 1 is 1.64 bits per heavy atom. The third kappa shape index (κ3) is 2.48. The summed E-state index contributed by atoms with van der Waals surface area (Å²) in [7, 11) is 0. The molecule has 0 saturated heterocycles. The summed E-state index contributed by atoms with van der Waals surface area (Å²) in [6.07, 6.45) is 1.16. The molecular weight excluding hydrogens is 186 g/mol. The second-order valence-corrected chi connectivity index (χ2v) is 2.92. The average Bonchev–Trinajstić information content (AvgIpc) is 2.51. The molecule has 0 fully saturated rings. The summed E-state index contributed by atoms with van der Waals surface area (Å²) < 4.78 is 14.7. The number of ether oxygens (including phenoxy) is 2. The standard InChI is InChI=1S/C9H13NO4/c1-4-12-9(11)7-5-13-10-8(7)14-6(2)3/h5-6H,4H2,1-3H3. The fraction of sp³-hybridized carbons (Fsp3) is 0.556. The number of hydrogen-bond donors (Lipinski definition) is 0. The first kappa shape index (κ1) is 10.6. The summed E-state index contributed by atoms with van der Waals surface area (Å²) in [6.45, 7) is 5.72. The van der Waals surface area contributed by atoms with Crippen LogP contribution in [0.15, 0.2) is 10.8 Å². The molecule has 1 rings (SSSR count). The molecular formula is C9H13NO4. The molecule has 0 N–H and O–H groups in total. The Morgan fingerprint density at radius 2 is 2.36 bits per heavy atom. The van der Waals surface area contributed by atoms with Crippen LogP contribution in [0.1, 0.15) is 31.1 Å². The molecule has 5 heteroatoms. The van der Waals surface area contributed by atoms with Gasteiger partial charge in [-0.25, -0.2) is 4.79 Å². The Hall–Kier alpha value is -1.52. The number of esters is 1. The van der Waals surface area contributed by atoms with Gasteiger partial charge in [0.2, 0.25) is 0 Å². The van der Waals surface area contributed by atoms with Crippen molar-refractivity contribution in [1.82, 2.24) is 5.16 Å². The number of carbonyl (C=O) groups is 1. The molecule has 0 amide bonds. The molecule has 5 nitrogen and oxygen atoms in total. The van der Waals surface area contributed by atoms with Gasteiger partial charge in [-0.15, -0.1) is 0 Å². The predicted molar refractivity (Wildman–Crippen MR) is 48.2 cm³/mol. The molecule has 0 spiro atoms. The molecule has 0 aromatic carbocycles. The van der Waals surface area contributed by atoms with Crippen LogP contribution in [0.3, 0.4) is 0 Å². The van der Waals surface area contributed by atoms with Crippen LogP contribution in [-0.4, -0.2) is 23.8 Å². The zero-order valence-corrected chi connectivity index (χ0v) is 8.44. The van der Waals surface area contributed by atoms with Crippen molar-refractivity contribution in [3.8, 4) is 5.88 Å². The monoisotopic (exact) mass is 199 g/mol. The fourth-order valence-electron chi connectivity index (χ4n) is 0.879. The van der Waals surface area contributed by atoms with Crippen LogP contribution in [0.4, 0.5) is 0 Å². The van der Waals surface area contributed by atoms with E-state index in [0.29, 0.717) is 6.61 Å². The average molecular weight is 199 g/mol. The first-order valence-electron chi connectivity index (χ1n) is 4.43. The Labute approximate surface area is 82.0 Å². The van der Waals surface area contributed by atoms with E-state index in [0.717, 1.165) is 0 Å². The predicted octanol–water partition coefficient (Wildman–Crippen LogP) is 1.64. The number of aromatic nitrogens is 1. The molecule has 14 heavy (non-hydrogen) atoms. The van der Waals surface area contributed by atoms with Gasteiger partial charge >= 0.3 is 5.97 Å². The smallest absolute Gasteiger partial charge is 0.347 e. The number of hydrogen-bond acceptors (Lipinski definition) is 5. The van der Waals surface area contributed by atoms with Crippen molar-refractivity contribution in [3.05, 3.63) is 11.8 Å². The van der Waals surface area contributed by atoms with Crippen LogP contribution in [-0.2, 0) is 4.74 Å². The van der Waals surface area contributed by atoms with Crippen LogP contribution in [0.25, 0.3) is 0 Å². The van der Waals surface area contributed by atoms with E-state index >= 15 is 0 Å². The van der Waals surface area contributed by atoms with Crippen molar-refractivity contribution in [2.75, 3.05) is 6.61 Å². The second-order valence-electron chi connectivity index (χ2n) is 2.92. The highest BCUT2D eigenvalue weighted by molar-refractivity contribution is 5.91. The van der Waals surface area contributed by atoms with Gasteiger partial charge in [0.05, 0.1) is 12.7 Å². The third-order valence-electron chi connectivity index (χ3n) is 1.38. The molecule has 0 aliphatic carbocycles. The third-order valence-corrected chi connectivity index (χ3v) is 1.38. The lowest BCUT2D eigenvalue weighted by atomic mass is 10.3. The highest BCUT2D eigenvalue weighted by Crippen LogP contribution is 2.17. The van der Waals surface area contributed by atoms with Crippen molar-refractivity contribution < 1.29 is 18.8 Å². The number of carbonyl (C=O) groups excluding carboxylic acids is 1. The van der Waals surface area contributed by atoms with Gasteiger partial charge in [0.15, 0.2) is 5.56 Å². The number of rotatable bonds is 4. The molecule has 0 unspecified atom stereocenters. The minimum absolute atomic E-state index is 0.0618. The first-order valence-corrected chi connectivity index (χ1v) is 4.43. The minimum Gasteiger partial charge on any atom is -0.472 e. The molecule has 0 saturated carbocycles. The van der Waals surface area contributed by atoms with Crippen molar-refractivity contribution in [3.63, 3.8) is 0 Å². The van der Waals surface area contributed by atoms with Crippen LogP contribution in [0.5, 0.6) is 5.88 Å². The zero-order chi connectivity index (χ0) is 10.6. The maximum absolute atomic E-state index is 11.3. The Balaban J connectivity index is 2.76. The van der Waals surface area contributed by atoms with Gasteiger partial charge in [-0.1, -0.05) is 0 Å². The molecule has 78 valence electrons. The number of nitrogens with zero attached hydrogens (tertiary/aromatic N) is 1. The highest BCUT2D eigenvalue weighted by Gasteiger charge is 2.19. The quantitative estimate of drug-likeness (QED) is 0.690. The molecule has 1 heterocycles. The molecule has 0 atom stereocenters. The Bertz CT molecular complexity index is 306. The zero-order valence-electron chi connectivity index (χ0n) is 8.44. The van der Waals surface area contributed by atoms with Crippen molar-refractivity contribution >= 4 is 5.97 Å². The maximum atomic E-state index is 11.3. The SMILES string of the molecule is CCOC(=O)c1conc1OC(C)C. The maximum Gasteiger partial charge on any atom is 0.347 e. The van der Waals surface area contributed by atoms with Crippen molar-refractivity contribution in [2.24, 2.45) is 0 Å². The summed E-state index contributed by atoms with van der Waals surface area (Å²) in [6, 6.07) is 0. The van der Waals surface area contributed by atoms with Crippen LogP contribution < -0.4 is 4.74 Å². The largest absolute Gasteiger partial charge is 0.472 e. The molecule has 1 aromatic rings. The summed E-state index contributed by atoms with van der Waals surface area (Å²) in [5, 5.41) is 3.56. The highest BCUT2D eigenvalue weighted by atomic mass is 16.6. The van der Waals surface area contributed by atoms with Gasteiger partial charge in [0.1, 0.15) is 6.26 Å². The van der Waals surface area contributed by atoms with Gasteiger partial charge in [0, 0.05) is 0 Å². The van der Waals surface area contributed by atoms with E-state index in [-0.39, 0.29) is 17.5 Å². The lowest BCUT2D eigenvalue weighted by Crippen LogP contribution is -2.11. The van der Waals surface area contributed by atoms with Gasteiger partial charge in [0.25, 0.3) is 5.88 Å². The minimum atomic E-state index is -0.482. The summed E-state index contributed by atoms with van der Waals surface area (Å²) in [4.78, 5) is 11.3. The molecule has 0 radical (unpaired) electrons. The second kappa shape index (κ2) is 4.64. The van der Waals surface area contributed by atoms with Gasteiger partial charge in [-0.2, -0.15) is 0 Å². The lowest BCUT2D eigenvalue weighted by molar-refractivity contribution is 0.0520. The van der Waals surface area contributed by atoms with E-state index in [1.54, 1.807) is 6.92 Å². The van der Waals surface area contributed by atoms with Crippen molar-refractivity contribution in [1.29, 1.82) is 0 Å². The molecule has 0 aliphatic rings. The first-order chi connectivity index (χ1) is 6.65. The summed E-state index contributed by atoms with van der Waals surface area (Å²) in [5.41, 5.74) is 0.223. The Kier molecular flexibility index (Phi) is 3.50. The molecule has 0 aliphatic heterocycles. The normalized spacial score (nSPS) is 10.3. The Morgan fingerprint density at radius 3 is 2.93 bits per heavy atom. The van der Waals surface area contributed by atoms with E-state index in [1.807, 2.05) is 13.8 Å². The van der Waals surface area contributed by atoms with E-state index in [9.17, 15) is 4.79 Å². The lowest BCUT2D eigenvalue weighted by Gasteiger charge is -2.06. The molecule has 1 aromatic heterocycles. The van der Waals surface area contributed by atoms with Crippen LogP contribution in [0.2, 0.25) is 0 Å². The van der Waals surface area contributed by atoms with E-state index < -0.39 is 5.97 Å². The van der Waals surface area contributed by atoms with E-state index in [2.05, 4.69) is 9.68 Å². The van der Waals surface area contributed by atoms with Crippen molar-refractivity contribution in [2.45, 2.75) is 26.9 Å². The van der Waals surface area contributed by atoms with E-state index in [4.69, 9.17) is 9.47 Å². The molecule has 0 bridgehead atoms. The van der Waals surface area contributed by atoms with Crippen LogP contribution >= 0.6 is 0 Å². The van der Waals surface area contributed by atoms with Gasteiger partial charge in [-0.05, 0) is 25.9 Å².